The molecule has 0 spiro atoms. The first kappa shape index (κ1) is 16.5. The van der Waals surface area contributed by atoms with E-state index in [0.717, 1.165) is 0 Å². The summed E-state index contributed by atoms with van der Waals surface area (Å²) in [5.41, 5.74) is 6.32. The van der Waals surface area contributed by atoms with Crippen LogP contribution in [0.2, 0.25) is 0 Å². The minimum Gasteiger partial charge on any atom is -0.387 e. The molecular weight excluding hydrogens is 320 g/mol. The van der Waals surface area contributed by atoms with Gasteiger partial charge in [-0.25, -0.2) is 15.0 Å². The third kappa shape index (κ3) is 2.47. The Morgan fingerprint density at radius 1 is 1.33 bits per heavy atom. The average molecular weight is 338 g/mol. The highest BCUT2D eigenvalue weighted by Crippen LogP contribution is 2.33. The van der Waals surface area contributed by atoms with Crippen molar-refractivity contribution in [1.29, 1.82) is 0 Å². The van der Waals surface area contributed by atoms with Gasteiger partial charge in [-0.15, -0.1) is 0 Å². The van der Waals surface area contributed by atoms with E-state index in [0.29, 0.717) is 11.2 Å². The fraction of sp³-hybridized carbons (Fsp3) is 0.538. The Hall–Kier alpha value is -2.34. The van der Waals surface area contributed by atoms with Gasteiger partial charge < -0.3 is 30.7 Å². The van der Waals surface area contributed by atoms with Crippen LogP contribution in [0.1, 0.15) is 6.23 Å². The van der Waals surface area contributed by atoms with Crippen molar-refractivity contribution in [2.75, 3.05) is 19.8 Å². The monoisotopic (exact) mass is 338 g/mol. The number of nitrogen functional groups attached to an aromatic ring is 1. The maximum atomic E-state index is 11.9. The van der Waals surface area contributed by atoms with Gasteiger partial charge in [0.1, 0.15) is 30.2 Å². The zero-order valence-electron chi connectivity index (χ0n) is 13.0. The third-order valence-corrected chi connectivity index (χ3v) is 3.94. The zero-order chi connectivity index (χ0) is 17.6. The molecule has 0 aliphatic carbocycles. The number of amides is 1. The highest BCUT2D eigenvalue weighted by molar-refractivity contribution is 5.81. The van der Waals surface area contributed by atoms with Crippen LogP contribution in [-0.4, -0.2) is 84.2 Å². The first-order valence-corrected chi connectivity index (χ1v) is 7.16. The largest absolute Gasteiger partial charge is 0.387 e. The fourth-order valence-corrected chi connectivity index (χ4v) is 2.64. The molecule has 0 saturated carbocycles. The van der Waals surface area contributed by atoms with E-state index >= 15 is 0 Å². The second kappa shape index (κ2) is 5.94. The number of ether oxygens (including phenoxy) is 1. The molecule has 1 amide bonds. The molecule has 130 valence electrons. The molecule has 11 heteroatoms. The highest BCUT2D eigenvalue weighted by atomic mass is 16.6. The lowest BCUT2D eigenvalue weighted by Gasteiger charge is -2.22. The van der Waals surface area contributed by atoms with E-state index in [-0.39, 0.29) is 5.82 Å². The van der Waals surface area contributed by atoms with Crippen LogP contribution in [0.25, 0.3) is 11.2 Å². The van der Waals surface area contributed by atoms with Crippen LogP contribution in [0.4, 0.5) is 5.82 Å². The Kier molecular flexibility index (Phi) is 4.09. The Balaban J connectivity index is 1.92. The number of likely N-dealkylation sites (N-methyl/N-ethyl adjacent to an activating group) is 1. The molecule has 5 atom stereocenters. The Morgan fingerprint density at radius 3 is 2.71 bits per heavy atom. The van der Waals surface area contributed by atoms with Crippen molar-refractivity contribution in [2.24, 2.45) is 0 Å². The van der Waals surface area contributed by atoms with Crippen molar-refractivity contribution >= 4 is 22.9 Å². The summed E-state index contributed by atoms with van der Waals surface area (Å²) in [6.07, 6.45) is -4.30. The molecule has 0 aromatic carbocycles. The number of nitrogens with two attached hydrogens (primary N) is 1. The molecule has 0 bridgehead atoms. The number of aliphatic hydroxyl groups excluding tert-OH is 3. The molecule has 11 nitrogen and oxygen atoms in total. The number of hydrogen-bond donors (Lipinski definition) is 4. The summed E-state index contributed by atoms with van der Waals surface area (Å²) in [5.74, 6) is -0.486. The van der Waals surface area contributed by atoms with Gasteiger partial charge >= 0.3 is 0 Å². The van der Waals surface area contributed by atoms with E-state index in [2.05, 4.69) is 15.0 Å². The first-order valence-electron chi connectivity index (χ1n) is 7.16. The molecule has 1 saturated heterocycles. The minimum atomic E-state index is -1.62. The van der Waals surface area contributed by atoms with E-state index in [1.54, 1.807) is 0 Å². The number of rotatable bonds is 3. The molecule has 3 heterocycles. The molecular formula is C13H18N6O5. The van der Waals surface area contributed by atoms with Gasteiger partial charge in [-0.2, -0.15) is 0 Å². The lowest BCUT2D eigenvalue weighted by Crippen LogP contribution is -2.47. The van der Waals surface area contributed by atoms with Gasteiger partial charge in [-0.05, 0) is 0 Å². The minimum absolute atomic E-state index is 0.158. The number of carbonyl (C=O) groups is 1. The summed E-state index contributed by atoms with van der Waals surface area (Å²) in [6.45, 7) is 0. The molecule has 1 fully saturated rings. The van der Waals surface area contributed by atoms with Gasteiger partial charge in [0.05, 0.1) is 6.33 Å². The molecule has 0 radical (unpaired) electrons. The van der Waals surface area contributed by atoms with Crippen LogP contribution in [-0.2, 0) is 9.53 Å². The summed E-state index contributed by atoms with van der Waals surface area (Å²) >= 11 is 0. The number of hydrogen-bond acceptors (Lipinski definition) is 9. The molecule has 1 unspecified atom stereocenters. The molecule has 1 aliphatic rings. The van der Waals surface area contributed by atoms with Gasteiger partial charge in [-0.1, -0.05) is 0 Å². The van der Waals surface area contributed by atoms with Crippen molar-refractivity contribution in [3.63, 3.8) is 0 Å². The second-order valence-corrected chi connectivity index (χ2v) is 5.73. The summed E-state index contributed by atoms with van der Waals surface area (Å²) in [5, 5.41) is 30.5. The van der Waals surface area contributed by atoms with Crippen molar-refractivity contribution in [1.82, 2.24) is 24.4 Å². The van der Waals surface area contributed by atoms with Crippen molar-refractivity contribution < 1.29 is 24.9 Å². The molecule has 2 aromatic heterocycles. The Labute approximate surface area is 136 Å². The van der Waals surface area contributed by atoms with Crippen LogP contribution < -0.4 is 5.73 Å². The molecule has 2 aromatic rings. The summed E-state index contributed by atoms with van der Waals surface area (Å²) < 4.78 is 6.90. The smallest absolute Gasteiger partial charge is 0.253 e. The number of imidazole rings is 1. The van der Waals surface area contributed by atoms with E-state index in [1.165, 1.54) is 36.2 Å². The van der Waals surface area contributed by atoms with Crippen molar-refractivity contribution in [3.05, 3.63) is 12.7 Å². The average Bonchev–Trinajstić information content (AvgIpc) is 3.09. The van der Waals surface area contributed by atoms with Gasteiger partial charge in [-0.3, -0.25) is 9.36 Å². The molecule has 5 N–H and O–H groups in total. The number of anilines is 1. The van der Waals surface area contributed by atoms with Gasteiger partial charge in [0, 0.05) is 14.1 Å². The van der Waals surface area contributed by atoms with Crippen LogP contribution in [0, 0.1) is 0 Å². The number of carbonyl (C=O) groups excluding carboxylic acids is 1. The van der Waals surface area contributed by atoms with Gasteiger partial charge in [0.2, 0.25) is 0 Å². The van der Waals surface area contributed by atoms with Crippen molar-refractivity contribution in [2.45, 2.75) is 30.6 Å². The van der Waals surface area contributed by atoms with E-state index in [9.17, 15) is 20.1 Å². The van der Waals surface area contributed by atoms with Gasteiger partial charge in [0.15, 0.2) is 23.8 Å². The number of aromatic nitrogens is 4. The maximum Gasteiger partial charge on any atom is 0.253 e. The van der Waals surface area contributed by atoms with Crippen LogP contribution in [0.3, 0.4) is 0 Å². The van der Waals surface area contributed by atoms with Crippen molar-refractivity contribution in [3.8, 4) is 0 Å². The van der Waals surface area contributed by atoms with E-state index in [4.69, 9.17) is 10.5 Å². The fourth-order valence-electron chi connectivity index (χ4n) is 2.64. The summed E-state index contributed by atoms with van der Waals surface area (Å²) in [7, 11) is 2.92. The number of fused-ring (bicyclic) bond motifs is 1. The molecule has 3 rings (SSSR count). The lowest BCUT2D eigenvalue weighted by molar-refractivity contribution is -0.151. The SMILES string of the molecule is CN(C)C(=O)C(O)[C@H]1O[C@@H](n2cnc3c(N)ncnc32)[C@H](O)[C@@H]1O. The normalized spacial score (nSPS) is 28.2. The maximum absolute atomic E-state index is 11.9. The standard InChI is InChI=1S/C13H18N6O5/c1-18(2)12(23)8(22)9-6(20)7(21)13(24-9)19-4-17-5-10(14)15-3-16-11(5)19/h3-4,6-9,13,20-22H,1-2H3,(H2,14,15,16)/t6-,7+,8?,9-,13+/m0/s1. The van der Waals surface area contributed by atoms with E-state index < -0.39 is 36.6 Å². The molecule has 1 aliphatic heterocycles. The predicted octanol–water partition coefficient (Wildman–Crippen LogP) is -2.52. The second-order valence-electron chi connectivity index (χ2n) is 5.73. The van der Waals surface area contributed by atoms with Gasteiger partial charge in [0.25, 0.3) is 5.91 Å². The Morgan fingerprint density at radius 2 is 2.04 bits per heavy atom. The zero-order valence-corrected chi connectivity index (χ0v) is 13.0. The highest BCUT2D eigenvalue weighted by Gasteiger charge is 2.49. The summed E-state index contributed by atoms with van der Waals surface area (Å²) in [4.78, 5) is 25.0. The predicted molar refractivity (Wildman–Crippen MR) is 80.4 cm³/mol. The van der Waals surface area contributed by atoms with E-state index in [1.807, 2.05) is 0 Å². The van der Waals surface area contributed by atoms with Crippen LogP contribution >= 0.6 is 0 Å². The Bertz CT molecular complexity index is 764. The quantitative estimate of drug-likeness (QED) is 0.473. The first-order chi connectivity index (χ1) is 11.3. The van der Waals surface area contributed by atoms with Crippen LogP contribution in [0.5, 0.6) is 0 Å². The van der Waals surface area contributed by atoms with Crippen LogP contribution in [0.15, 0.2) is 12.7 Å². The number of aliphatic hydroxyl groups is 3. The summed E-state index contributed by atoms with van der Waals surface area (Å²) in [6, 6.07) is 0. The third-order valence-electron chi connectivity index (χ3n) is 3.94. The number of nitrogens with zero attached hydrogens (tertiary/aromatic N) is 5. The topological polar surface area (TPSA) is 160 Å². The molecule has 24 heavy (non-hydrogen) atoms. The lowest BCUT2D eigenvalue weighted by atomic mass is 10.0.